The summed E-state index contributed by atoms with van der Waals surface area (Å²) in [7, 11) is 0. The minimum Gasteiger partial charge on any atom is -0.331 e. The van der Waals surface area contributed by atoms with Crippen molar-refractivity contribution in [1.29, 1.82) is 0 Å². The summed E-state index contributed by atoms with van der Waals surface area (Å²) in [6.07, 6.45) is 0. The zero-order valence-electron chi connectivity index (χ0n) is 15.2. The predicted molar refractivity (Wildman–Crippen MR) is 110 cm³/mol. The van der Waals surface area contributed by atoms with Crippen LogP contribution in [0.1, 0.15) is 43.4 Å². The van der Waals surface area contributed by atoms with Crippen molar-refractivity contribution in [1.82, 2.24) is 5.43 Å². The molecule has 0 heterocycles. The topological polar surface area (TPSA) is 79.6 Å². The number of hydrogen-bond donors (Lipinski definition) is 2. The van der Waals surface area contributed by atoms with Crippen LogP contribution in [-0.2, 0) is 0 Å². The fourth-order valence-corrected chi connectivity index (χ4v) is 2.50. The monoisotopic (exact) mass is 370 g/mol. The zero-order chi connectivity index (χ0) is 19.3. The Hall–Kier alpha value is -2.80. The minimum atomic E-state index is -0.396. The third-order valence-electron chi connectivity index (χ3n) is 3.98. The average molecular weight is 370 g/mol. The summed E-state index contributed by atoms with van der Waals surface area (Å²) < 4.78 is 0. The summed E-state index contributed by atoms with van der Waals surface area (Å²) in [6, 6.07) is 13.0. The maximum absolute atomic E-state index is 11.1. The van der Waals surface area contributed by atoms with Gasteiger partial charge in [-0.1, -0.05) is 38.1 Å². The fraction of sp³-hybridized carbons (Fsp3) is 0.263. The number of thiocarbonyl (C=S) groups is 1. The molecule has 0 saturated carbocycles. The number of hydrazone groups is 1. The Balaban J connectivity index is 2.03. The Morgan fingerprint density at radius 3 is 2.42 bits per heavy atom. The van der Waals surface area contributed by atoms with Gasteiger partial charge in [0.15, 0.2) is 5.11 Å². The van der Waals surface area contributed by atoms with Gasteiger partial charge in [-0.2, -0.15) is 5.10 Å². The second-order valence-electron chi connectivity index (χ2n) is 6.30. The van der Waals surface area contributed by atoms with Crippen LogP contribution in [0.25, 0.3) is 0 Å². The van der Waals surface area contributed by atoms with Crippen LogP contribution in [0, 0.1) is 17.0 Å². The van der Waals surface area contributed by atoms with Crippen molar-refractivity contribution >= 4 is 34.4 Å². The van der Waals surface area contributed by atoms with E-state index >= 15 is 0 Å². The molecule has 0 aliphatic heterocycles. The molecule has 2 rings (SSSR count). The summed E-state index contributed by atoms with van der Waals surface area (Å²) in [6.45, 7) is 7.75. The lowest BCUT2D eigenvalue weighted by atomic mass is 10.0. The molecule has 2 aromatic rings. The van der Waals surface area contributed by atoms with E-state index in [2.05, 4.69) is 41.8 Å². The standard InChI is InChI=1S/C19H22N4O2S/c1-12(2)15-7-9-17(10-8-15)20-19(26)22-21-14(4)16-6-5-13(3)18(11-16)23(24)25/h5-12H,1-4H3,(H2,20,22,26)/b21-14-. The largest absolute Gasteiger partial charge is 0.331 e. The molecular formula is C19H22N4O2S. The molecule has 0 amide bonds. The Bertz CT molecular complexity index is 845. The molecule has 0 radical (unpaired) electrons. The number of benzene rings is 2. The lowest BCUT2D eigenvalue weighted by Gasteiger charge is -2.10. The quantitative estimate of drug-likeness (QED) is 0.344. The van der Waals surface area contributed by atoms with Crippen molar-refractivity contribution < 1.29 is 4.92 Å². The molecule has 0 atom stereocenters. The normalized spacial score (nSPS) is 11.3. The lowest BCUT2D eigenvalue weighted by Crippen LogP contribution is -2.25. The summed E-state index contributed by atoms with van der Waals surface area (Å²) >= 11 is 5.24. The highest BCUT2D eigenvalue weighted by Crippen LogP contribution is 2.20. The van der Waals surface area contributed by atoms with Crippen LogP contribution in [0.3, 0.4) is 0 Å². The number of nitrogens with zero attached hydrogens (tertiary/aromatic N) is 2. The van der Waals surface area contributed by atoms with Gasteiger partial charge in [-0.15, -0.1) is 0 Å². The van der Waals surface area contributed by atoms with E-state index in [1.807, 2.05) is 12.1 Å². The number of aryl methyl sites for hydroxylation is 1. The van der Waals surface area contributed by atoms with E-state index in [1.165, 1.54) is 11.6 Å². The third-order valence-corrected chi connectivity index (χ3v) is 4.18. The van der Waals surface area contributed by atoms with Crippen LogP contribution in [0.4, 0.5) is 11.4 Å². The maximum Gasteiger partial charge on any atom is 0.272 e. The van der Waals surface area contributed by atoms with Crippen molar-refractivity contribution in [2.45, 2.75) is 33.6 Å². The van der Waals surface area contributed by atoms with E-state index in [0.717, 1.165) is 5.69 Å². The van der Waals surface area contributed by atoms with Crippen LogP contribution in [-0.4, -0.2) is 15.7 Å². The molecule has 0 aliphatic rings. The first-order chi connectivity index (χ1) is 12.3. The highest BCUT2D eigenvalue weighted by molar-refractivity contribution is 7.80. The Kier molecular flexibility index (Phi) is 6.41. The number of nitro benzene ring substituents is 1. The minimum absolute atomic E-state index is 0.0722. The van der Waals surface area contributed by atoms with Gasteiger partial charge in [0.25, 0.3) is 5.69 Å². The number of hydrogen-bond acceptors (Lipinski definition) is 4. The molecule has 0 fully saturated rings. The molecule has 136 valence electrons. The van der Waals surface area contributed by atoms with Gasteiger partial charge in [-0.3, -0.25) is 15.5 Å². The summed E-state index contributed by atoms with van der Waals surface area (Å²) in [5.41, 5.74) is 6.84. The molecule has 0 bridgehead atoms. The van der Waals surface area contributed by atoms with Crippen molar-refractivity contribution in [2.24, 2.45) is 5.10 Å². The molecule has 26 heavy (non-hydrogen) atoms. The van der Waals surface area contributed by atoms with Crippen LogP contribution < -0.4 is 10.7 Å². The molecule has 0 spiro atoms. The summed E-state index contributed by atoms with van der Waals surface area (Å²) in [5.74, 6) is 0.472. The van der Waals surface area contributed by atoms with Crippen molar-refractivity contribution in [3.8, 4) is 0 Å². The van der Waals surface area contributed by atoms with Gasteiger partial charge in [0.05, 0.1) is 10.6 Å². The maximum atomic E-state index is 11.1. The Labute approximate surface area is 158 Å². The van der Waals surface area contributed by atoms with Gasteiger partial charge in [0.1, 0.15) is 0 Å². The van der Waals surface area contributed by atoms with Gasteiger partial charge in [0, 0.05) is 22.9 Å². The second-order valence-corrected chi connectivity index (χ2v) is 6.71. The first-order valence-corrected chi connectivity index (χ1v) is 8.65. The molecule has 6 nitrogen and oxygen atoms in total. The van der Waals surface area contributed by atoms with E-state index in [1.54, 1.807) is 26.0 Å². The smallest absolute Gasteiger partial charge is 0.272 e. The van der Waals surface area contributed by atoms with Crippen LogP contribution in [0.2, 0.25) is 0 Å². The molecule has 2 N–H and O–H groups in total. The van der Waals surface area contributed by atoms with E-state index in [4.69, 9.17) is 12.2 Å². The highest BCUT2D eigenvalue weighted by atomic mass is 32.1. The molecule has 0 aromatic heterocycles. The van der Waals surface area contributed by atoms with Crippen molar-refractivity contribution in [2.75, 3.05) is 5.32 Å². The lowest BCUT2D eigenvalue weighted by molar-refractivity contribution is -0.385. The average Bonchev–Trinajstić information content (AvgIpc) is 2.60. The fourth-order valence-electron chi connectivity index (χ4n) is 2.34. The molecular weight excluding hydrogens is 348 g/mol. The first kappa shape index (κ1) is 19.5. The van der Waals surface area contributed by atoms with E-state index in [9.17, 15) is 10.1 Å². The van der Waals surface area contributed by atoms with Crippen molar-refractivity contribution in [3.05, 3.63) is 69.3 Å². The van der Waals surface area contributed by atoms with Crippen LogP contribution >= 0.6 is 12.2 Å². The summed E-state index contributed by atoms with van der Waals surface area (Å²) in [4.78, 5) is 10.7. The number of nitro groups is 1. The van der Waals surface area contributed by atoms with Crippen LogP contribution in [0.15, 0.2) is 47.6 Å². The number of nitrogens with one attached hydrogen (secondary N) is 2. The predicted octanol–water partition coefficient (Wildman–Crippen LogP) is 4.74. The molecule has 0 aliphatic carbocycles. The Morgan fingerprint density at radius 1 is 1.19 bits per heavy atom. The van der Waals surface area contributed by atoms with E-state index in [0.29, 0.717) is 27.9 Å². The van der Waals surface area contributed by atoms with Gasteiger partial charge in [-0.05, 0) is 49.7 Å². The molecule has 0 unspecified atom stereocenters. The Morgan fingerprint density at radius 2 is 1.85 bits per heavy atom. The van der Waals surface area contributed by atoms with Crippen molar-refractivity contribution in [3.63, 3.8) is 0 Å². The van der Waals surface area contributed by atoms with Gasteiger partial charge >= 0.3 is 0 Å². The van der Waals surface area contributed by atoms with Gasteiger partial charge in [0.2, 0.25) is 0 Å². The molecule has 0 saturated heterocycles. The molecule has 7 heteroatoms. The van der Waals surface area contributed by atoms with E-state index < -0.39 is 4.92 Å². The van der Waals surface area contributed by atoms with Crippen LogP contribution in [0.5, 0.6) is 0 Å². The van der Waals surface area contributed by atoms with E-state index in [-0.39, 0.29) is 5.69 Å². The number of anilines is 1. The number of rotatable bonds is 5. The highest BCUT2D eigenvalue weighted by Gasteiger charge is 2.12. The van der Waals surface area contributed by atoms with Gasteiger partial charge in [-0.25, -0.2) is 0 Å². The third kappa shape index (κ3) is 5.10. The molecule has 2 aromatic carbocycles. The SMILES string of the molecule is C/C(=N/NC(=S)Nc1ccc(C(C)C)cc1)c1ccc(C)c([N+](=O)[O-])c1. The van der Waals surface area contributed by atoms with Gasteiger partial charge < -0.3 is 5.32 Å². The zero-order valence-corrected chi connectivity index (χ0v) is 16.1. The second kappa shape index (κ2) is 8.53. The first-order valence-electron chi connectivity index (χ1n) is 8.24. The summed E-state index contributed by atoms with van der Waals surface area (Å²) in [5, 5.41) is 18.7.